The maximum Gasteiger partial charge on any atom is 0.238 e. The third-order valence-corrected chi connectivity index (χ3v) is 4.80. The number of sulfonamides is 1. The van der Waals surface area contributed by atoms with Gasteiger partial charge in [-0.05, 0) is 30.4 Å². The highest BCUT2D eigenvalue weighted by Gasteiger charge is 2.19. The van der Waals surface area contributed by atoms with Crippen LogP contribution >= 0.6 is 0 Å². The van der Waals surface area contributed by atoms with Gasteiger partial charge >= 0.3 is 0 Å². The fraction of sp³-hybridized carbons (Fsp3) is 0.625. The molecule has 0 bridgehead atoms. The van der Waals surface area contributed by atoms with E-state index in [2.05, 4.69) is 13.8 Å². The van der Waals surface area contributed by atoms with Gasteiger partial charge in [-0.2, -0.15) is 0 Å². The van der Waals surface area contributed by atoms with Crippen LogP contribution in [0.1, 0.15) is 70.3 Å². The zero-order valence-corrected chi connectivity index (χ0v) is 13.5. The second-order valence-electron chi connectivity index (χ2n) is 5.39. The summed E-state index contributed by atoms with van der Waals surface area (Å²) in [6, 6.07) is 7.14. The first-order valence-corrected chi connectivity index (χ1v) is 9.17. The van der Waals surface area contributed by atoms with E-state index >= 15 is 0 Å². The Balaban J connectivity index is 2.75. The van der Waals surface area contributed by atoms with E-state index in [0.29, 0.717) is 4.90 Å². The van der Waals surface area contributed by atoms with Gasteiger partial charge in [0.2, 0.25) is 10.0 Å². The van der Waals surface area contributed by atoms with Crippen molar-refractivity contribution in [3.8, 4) is 0 Å². The van der Waals surface area contributed by atoms with Crippen LogP contribution in [0.15, 0.2) is 29.2 Å². The minimum atomic E-state index is -3.63. The molecule has 0 spiro atoms. The van der Waals surface area contributed by atoms with E-state index in [-0.39, 0.29) is 5.92 Å². The third-order valence-electron chi connectivity index (χ3n) is 3.81. The molecule has 0 fully saturated rings. The Morgan fingerprint density at radius 3 is 2.30 bits per heavy atom. The van der Waals surface area contributed by atoms with E-state index in [1.54, 1.807) is 12.1 Å². The van der Waals surface area contributed by atoms with E-state index in [4.69, 9.17) is 5.14 Å². The molecular formula is C16H27NO2S. The number of hydrogen-bond donors (Lipinski definition) is 1. The summed E-state index contributed by atoms with van der Waals surface area (Å²) in [4.78, 5) is 0.292. The van der Waals surface area contributed by atoms with Gasteiger partial charge in [-0.3, -0.25) is 0 Å². The molecule has 0 heterocycles. The Morgan fingerprint density at radius 1 is 1.05 bits per heavy atom. The molecule has 20 heavy (non-hydrogen) atoms. The standard InChI is InChI=1S/C16H27NO2S/c1-3-5-6-7-8-11-14(4-2)15-12-9-10-13-16(15)20(17,18)19/h9-10,12-14H,3-8,11H2,1-2H3,(H2,17,18,19). The summed E-state index contributed by atoms with van der Waals surface area (Å²) in [5.74, 6) is 0.283. The maximum atomic E-state index is 11.7. The second kappa shape index (κ2) is 8.42. The zero-order chi connectivity index (χ0) is 15.0. The summed E-state index contributed by atoms with van der Waals surface area (Å²) in [6.45, 7) is 4.31. The van der Waals surface area contributed by atoms with E-state index < -0.39 is 10.0 Å². The minimum Gasteiger partial charge on any atom is -0.225 e. The molecule has 0 aliphatic heterocycles. The number of nitrogens with two attached hydrogens (primary N) is 1. The van der Waals surface area contributed by atoms with Crippen LogP contribution in [-0.2, 0) is 10.0 Å². The SMILES string of the molecule is CCCCCCCC(CC)c1ccccc1S(N)(=O)=O. The van der Waals surface area contributed by atoms with Crippen LogP contribution in [0.25, 0.3) is 0 Å². The molecule has 1 aromatic rings. The largest absolute Gasteiger partial charge is 0.238 e. The van der Waals surface area contributed by atoms with Crippen molar-refractivity contribution in [3.05, 3.63) is 29.8 Å². The van der Waals surface area contributed by atoms with Crippen molar-refractivity contribution >= 4 is 10.0 Å². The smallest absolute Gasteiger partial charge is 0.225 e. The molecule has 4 heteroatoms. The summed E-state index contributed by atoms with van der Waals surface area (Å²) >= 11 is 0. The lowest BCUT2D eigenvalue weighted by atomic mass is 9.91. The van der Waals surface area contributed by atoms with Crippen LogP contribution in [0.5, 0.6) is 0 Å². The minimum absolute atomic E-state index is 0.283. The van der Waals surface area contributed by atoms with Gasteiger partial charge in [0.15, 0.2) is 0 Å². The van der Waals surface area contributed by atoms with Crippen molar-refractivity contribution in [2.75, 3.05) is 0 Å². The van der Waals surface area contributed by atoms with Crippen molar-refractivity contribution in [1.29, 1.82) is 0 Å². The average molecular weight is 297 g/mol. The van der Waals surface area contributed by atoms with Gasteiger partial charge in [-0.15, -0.1) is 0 Å². The topological polar surface area (TPSA) is 60.2 Å². The summed E-state index contributed by atoms with van der Waals surface area (Å²) in [6.07, 6.45) is 8.15. The van der Waals surface area contributed by atoms with Gasteiger partial charge in [0.25, 0.3) is 0 Å². The first-order valence-electron chi connectivity index (χ1n) is 7.62. The summed E-state index contributed by atoms with van der Waals surface area (Å²) in [5, 5.41) is 5.32. The molecule has 1 rings (SSSR count). The molecule has 0 aliphatic carbocycles. The Bertz CT molecular complexity index is 497. The zero-order valence-electron chi connectivity index (χ0n) is 12.6. The number of rotatable bonds is 9. The summed E-state index contributed by atoms with van der Waals surface area (Å²) in [5.41, 5.74) is 0.882. The second-order valence-corrected chi connectivity index (χ2v) is 6.92. The Kier molecular flexibility index (Phi) is 7.24. The molecule has 114 valence electrons. The summed E-state index contributed by atoms with van der Waals surface area (Å²) in [7, 11) is -3.63. The molecule has 2 N–H and O–H groups in total. The number of benzene rings is 1. The van der Waals surface area contributed by atoms with E-state index in [1.807, 2.05) is 12.1 Å². The van der Waals surface area contributed by atoms with Crippen molar-refractivity contribution in [2.24, 2.45) is 5.14 Å². The monoisotopic (exact) mass is 297 g/mol. The van der Waals surface area contributed by atoms with Crippen molar-refractivity contribution in [3.63, 3.8) is 0 Å². The van der Waals surface area contributed by atoms with Gasteiger partial charge in [0, 0.05) is 0 Å². The van der Waals surface area contributed by atoms with E-state index in [9.17, 15) is 8.42 Å². The predicted octanol–water partition coefficient (Wildman–Crippen LogP) is 4.19. The molecule has 0 saturated carbocycles. The number of unbranched alkanes of at least 4 members (excludes halogenated alkanes) is 4. The lowest BCUT2D eigenvalue weighted by molar-refractivity contribution is 0.527. The van der Waals surface area contributed by atoms with Gasteiger partial charge in [-0.1, -0.05) is 64.2 Å². The number of primary sulfonamides is 1. The van der Waals surface area contributed by atoms with Crippen molar-refractivity contribution in [2.45, 2.75) is 69.6 Å². The Hall–Kier alpha value is -0.870. The predicted molar refractivity (Wildman–Crippen MR) is 84.2 cm³/mol. The highest BCUT2D eigenvalue weighted by atomic mass is 32.2. The fourth-order valence-electron chi connectivity index (χ4n) is 2.65. The molecule has 0 radical (unpaired) electrons. The highest BCUT2D eigenvalue weighted by molar-refractivity contribution is 7.89. The van der Waals surface area contributed by atoms with Gasteiger partial charge < -0.3 is 0 Å². The van der Waals surface area contributed by atoms with Crippen LogP contribution in [0.4, 0.5) is 0 Å². The van der Waals surface area contributed by atoms with Crippen LogP contribution < -0.4 is 5.14 Å². The molecule has 1 atom stereocenters. The molecule has 0 saturated heterocycles. The third kappa shape index (κ3) is 5.25. The molecular weight excluding hydrogens is 270 g/mol. The molecule has 0 aromatic heterocycles. The van der Waals surface area contributed by atoms with Crippen LogP contribution in [0.2, 0.25) is 0 Å². The number of hydrogen-bond acceptors (Lipinski definition) is 2. The van der Waals surface area contributed by atoms with Gasteiger partial charge in [-0.25, -0.2) is 13.6 Å². The highest BCUT2D eigenvalue weighted by Crippen LogP contribution is 2.30. The van der Waals surface area contributed by atoms with Gasteiger partial charge in [0.05, 0.1) is 4.90 Å². The van der Waals surface area contributed by atoms with Crippen LogP contribution in [-0.4, -0.2) is 8.42 Å². The Labute approximate surface area is 123 Å². The van der Waals surface area contributed by atoms with Crippen molar-refractivity contribution in [1.82, 2.24) is 0 Å². The molecule has 3 nitrogen and oxygen atoms in total. The van der Waals surface area contributed by atoms with Crippen LogP contribution in [0.3, 0.4) is 0 Å². The lowest BCUT2D eigenvalue weighted by Crippen LogP contribution is -2.16. The lowest BCUT2D eigenvalue weighted by Gasteiger charge is -2.18. The maximum absolute atomic E-state index is 11.7. The molecule has 0 aliphatic rings. The normalized spacial score (nSPS) is 13.3. The van der Waals surface area contributed by atoms with Crippen molar-refractivity contribution < 1.29 is 8.42 Å². The summed E-state index contributed by atoms with van der Waals surface area (Å²) < 4.78 is 23.3. The van der Waals surface area contributed by atoms with E-state index in [1.165, 1.54) is 25.7 Å². The van der Waals surface area contributed by atoms with E-state index in [0.717, 1.165) is 24.8 Å². The molecule has 1 aromatic carbocycles. The first-order chi connectivity index (χ1) is 9.50. The average Bonchev–Trinajstić information content (AvgIpc) is 2.42. The van der Waals surface area contributed by atoms with Gasteiger partial charge in [0.1, 0.15) is 0 Å². The first kappa shape index (κ1) is 17.2. The quantitative estimate of drug-likeness (QED) is 0.695. The molecule has 1 unspecified atom stereocenters. The van der Waals surface area contributed by atoms with Crippen LogP contribution in [0, 0.1) is 0 Å². The fourth-order valence-corrected chi connectivity index (χ4v) is 3.48. The Morgan fingerprint density at radius 2 is 1.70 bits per heavy atom. The molecule has 0 amide bonds.